The van der Waals surface area contributed by atoms with Crippen LogP contribution in [0.15, 0.2) is 78.0 Å². The number of hydrogen-bond acceptors (Lipinski definition) is 6. The van der Waals surface area contributed by atoms with Crippen LogP contribution in [0.1, 0.15) is 63.5 Å². The number of urea groups is 1. The minimum absolute atomic E-state index is 0.170. The molecule has 1 fully saturated rings. The van der Waals surface area contributed by atoms with Crippen LogP contribution in [0.4, 0.5) is 23.7 Å². The first-order chi connectivity index (χ1) is 22.9. The molecule has 5 rings (SSSR count). The molecule has 4 aromatic rings. The molecule has 3 aromatic carbocycles. The Hall–Kier alpha value is -4.52. The molecular formula is C35H39F3N6O3S. The number of halogens is 3. The number of alkyl halides is 3. The number of aliphatic imine (C=N–C) groups is 1. The largest absolute Gasteiger partial charge is 0.573 e. The summed E-state index contributed by atoms with van der Waals surface area (Å²) in [7, 11) is 1.66. The highest BCUT2D eigenvalue weighted by Gasteiger charge is 2.31. The highest BCUT2D eigenvalue weighted by molar-refractivity contribution is 8.14. The van der Waals surface area contributed by atoms with Gasteiger partial charge in [-0.1, -0.05) is 56.8 Å². The molecule has 2 heterocycles. The third kappa shape index (κ3) is 8.68. The quantitative estimate of drug-likeness (QED) is 0.179. The van der Waals surface area contributed by atoms with Gasteiger partial charge in [-0.25, -0.2) is 14.5 Å². The second-order valence-corrected chi connectivity index (χ2v) is 13.0. The first-order valence-electron chi connectivity index (χ1n) is 15.8. The molecule has 0 spiro atoms. The minimum atomic E-state index is -4.75. The third-order valence-corrected chi connectivity index (χ3v) is 9.13. The van der Waals surface area contributed by atoms with Gasteiger partial charge in [0.15, 0.2) is 11.0 Å². The maximum atomic E-state index is 13.0. The van der Waals surface area contributed by atoms with E-state index in [2.05, 4.69) is 69.9 Å². The van der Waals surface area contributed by atoms with Gasteiger partial charge in [-0.15, -0.1) is 18.3 Å². The molecule has 254 valence electrons. The summed E-state index contributed by atoms with van der Waals surface area (Å²) in [5.74, 6) is 2.31. The van der Waals surface area contributed by atoms with Crippen LogP contribution in [0.3, 0.4) is 0 Å². The highest BCUT2D eigenvalue weighted by atomic mass is 32.2. The fourth-order valence-electron chi connectivity index (χ4n) is 5.45. The topological polar surface area (TPSA) is 93.9 Å². The Kier molecular flexibility index (Phi) is 11.0. The zero-order valence-electron chi connectivity index (χ0n) is 27.5. The summed E-state index contributed by atoms with van der Waals surface area (Å²) in [4.78, 5) is 24.0. The Morgan fingerprint density at radius 2 is 1.77 bits per heavy atom. The first kappa shape index (κ1) is 34.8. The Morgan fingerprint density at radius 1 is 1.06 bits per heavy atom. The van der Waals surface area contributed by atoms with Crippen molar-refractivity contribution < 1.29 is 27.4 Å². The number of benzene rings is 3. The standard InChI is InChI=1S/C35H39F3N6O3S/c1-22(2)30-20-29(46-5)14-15-31(30)44-24(4)17-19-48-34(44)41-33(45)39-18-16-23(3)25-6-8-26(9-7-25)32-40-21-43(42-32)27-10-12-28(13-11-27)47-35(36,37)38/h6-15,20-24H,16-19H2,1-5H3,(H,39,45)/b41-34-. The van der Waals surface area contributed by atoms with E-state index >= 15 is 0 Å². The highest BCUT2D eigenvalue weighted by Crippen LogP contribution is 2.37. The molecular weight excluding hydrogens is 641 g/mol. The van der Waals surface area contributed by atoms with Crippen molar-refractivity contribution in [2.75, 3.05) is 24.3 Å². The second kappa shape index (κ2) is 15.1. The zero-order chi connectivity index (χ0) is 34.4. The Labute approximate surface area is 282 Å². The number of aromatic nitrogens is 3. The van der Waals surface area contributed by atoms with Gasteiger partial charge in [0.25, 0.3) is 0 Å². The van der Waals surface area contributed by atoms with Gasteiger partial charge >= 0.3 is 12.4 Å². The molecule has 13 heteroatoms. The van der Waals surface area contributed by atoms with E-state index in [1.165, 1.54) is 35.3 Å². The number of carbonyl (C=O) groups excluding carboxylic acids is 1. The van der Waals surface area contributed by atoms with Crippen molar-refractivity contribution in [3.63, 3.8) is 0 Å². The molecule has 2 unspecified atom stereocenters. The Morgan fingerprint density at radius 3 is 2.44 bits per heavy atom. The van der Waals surface area contributed by atoms with E-state index < -0.39 is 6.36 Å². The van der Waals surface area contributed by atoms with Gasteiger partial charge in [0.1, 0.15) is 17.8 Å². The Bertz CT molecular complexity index is 1720. The van der Waals surface area contributed by atoms with Crippen molar-refractivity contribution in [2.24, 2.45) is 4.99 Å². The van der Waals surface area contributed by atoms with E-state index in [0.717, 1.165) is 46.7 Å². The van der Waals surface area contributed by atoms with Crippen molar-refractivity contribution in [1.29, 1.82) is 0 Å². The van der Waals surface area contributed by atoms with Crippen LogP contribution in [0.5, 0.6) is 11.5 Å². The van der Waals surface area contributed by atoms with Gasteiger partial charge in [-0.2, -0.15) is 4.99 Å². The first-order valence-corrected chi connectivity index (χ1v) is 16.7. The average molecular weight is 681 g/mol. The molecule has 2 atom stereocenters. The van der Waals surface area contributed by atoms with Crippen molar-refractivity contribution in [3.8, 4) is 28.6 Å². The molecule has 1 N–H and O–H groups in total. The van der Waals surface area contributed by atoms with Crippen LogP contribution in [0.25, 0.3) is 17.1 Å². The fraction of sp³-hybridized carbons (Fsp3) is 0.371. The van der Waals surface area contributed by atoms with E-state index in [1.54, 1.807) is 18.9 Å². The van der Waals surface area contributed by atoms with Crippen LogP contribution in [-0.4, -0.2) is 57.8 Å². The molecule has 1 saturated heterocycles. The number of nitrogens with one attached hydrogen (secondary N) is 1. The summed E-state index contributed by atoms with van der Waals surface area (Å²) in [5.41, 5.74) is 4.64. The molecule has 0 saturated carbocycles. The van der Waals surface area contributed by atoms with Gasteiger partial charge in [-0.05, 0) is 85.2 Å². The van der Waals surface area contributed by atoms with Gasteiger partial charge in [0.05, 0.1) is 12.8 Å². The molecule has 0 bridgehead atoms. The van der Waals surface area contributed by atoms with Gasteiger partial charge in [0, 0.05) is 29.6 Å². The maximum Gasteiger partial charge on any atom is 0.573 e. The number of thioether (sulfide) groups is 1. The lowest BCUT2D eigenvalue weighted by Crippen LogP contribution is -2.42. The minimum Gasteiger partial charge on any atom is -0.497 e. The summed E-state index contributed by atoms with van der Waals surface area (Å²) < 4.78 is 48.2. The van der Waals surface area contributed by atoms with Crippen molar-refractivity contribution >= 4 is 28.6 Å². The average Bonchev–Trinajstić information content (AvgIpc) is 3.55. The lowest BCUT2D eigenvalue weighted by atomic mass is 9.96. The number of hydrogen-bond donors (Lipinski definition) is 1. The third-order valence-electron chi connectivity index (χ3n) is 8.15. The van der Waals surface area contributed by atoms with E-state index in [0.29, 0.717) is 23.2 Å². The summed E-state index contributed by atoms with van der Waals surface area (Å²) in [6.45, 7) is 9.03. The van der Waals surface area contributed by atoms with Crippen molar-refractivity contribution in [1.82, 2.24) is 20.1 Å². The normalized spacial score (nSPS) is 16.6. The monoisotopic (exact) mass is 680 g/mol. The molecule has 0 radical (unpaired) electrons. The van der Waals surface area contributed by atoms with Crippen LogP contribution in [-0.2, 0) is 0 Å². The van der Waals surface area contributed by atoms with Crippen LogP contribution in [0, 0.1) is 0 Å². The van der Waals surface area contributed by atoms with Crippen molar-refractivity contribution in [2.45, 2.75) is 64.8 Å². The number of carbonyl (C=O) groups is 1. The fourth-order valence-corrected chi connectivity index (χ4v) is 6.65. The smallest absolute Gasteiger partial charge is 0.497 e. The number of anilines is 1. The summed E-state index contributed by atoms with van der Waals surface area (Å²) in [6.07, 6.45) is -1.54. The van der Waals surface area contributed by atoms with E-state index in [9.17, 15) is 18.0 Å². The van der Waals surface area contributed by atoms with Gasteiger partial charge in [0.2, 0.25) is 0 Å². The zero-order valence-corrected chi connectivity index (χ0v) is 28.3. The molecule has 0 aliphatic carbocycles. The van der Waals surface area contributed by atoms with Crippen LogP contribution >= 0.6 is 11.8 Å². The number of amides is 2. The predicted octanol–water partition coefficient (Wildman–Crippen LogP) is 8.56. The molecule has 48 heavy (non-hydrogen) atoms. The number of nitrogens with zero attached hydrogens (tertiary/aromatic N) is 5. The summed E-state index contributed by atoms with van der Waals surface area (Å²) in [5, 5.41) is 8.14. The number of rotatable bonds is 10. The van der Waals surface area contributed by atoms with Gasteiger partial charge in [-0.3, -0.25) is 0 Å². The van der Waals surface area contributed by atoms with E-state index in [4.69, 9.17) is 4.74 Å². The molecule has 1 aliphatic heterocycles. The lowest BCUT2D eigenvalue weighted by molar-refractivity contribution is -0.274. The number of amidine groups is 1. The van der Waals surface area contributed by atoms with Gasteiger partial charge < -0.3 is 19.7 Å². The van der Waals surface area contributed by atoms with Crippen molar-refractivity contribution in [3.05, 3.63) is 84.2 Å². The SMILES string of the molecule is COc1ccc(N2/C(=N/C(=O)NCCC(C)c3ccc(-c4ncn(-c5ccc(OC(F)(F)F)cc5)n4)cc3)SCCC2C)c(C(C)C)c1. The summed E-state index contributed by atoms with van der Waals surface area (Å²) >= 11 is 1.60. The van der Waals surface area contributed by atoms with E-state index in [1.807, 2.05) is 30.3 Å². The molecule has 1 aliphatic rings. The maximum absolute atomic E-state index is 13.0. The molecule has 9 nitrogen and oxygen atoms in total. The second-order valence-electron chi connectivity index (χ2n) is 11.9. The predicted molar refractivity (Wildman–Crippen MR) is 183 cm³/mol. The number of ether oxygens (including phenoxy) is 2. The van der Waals surface area contributed by atoms with Crippen LogP contribution in [0.2, 0.25) is 0 Å². The van der Waals surface area contributed by atoms with E-state index in [-0.39, 0.29) is 29.7 Å². The lowest BCUT2D eigenvalue weighted by Gasteiger charge is -2.37. The Balaban J connectivity index is 1.17. The molecule has 2 amide bonds. The van der Waals surface area contributed by atoms with Crippen LogP contribution < -0.4 is 19.7 Å². The summed E-state index contributed by atoms with van der Waals surface area (Å²) in [6, 6.07) is 19.2. The molecule has 1 aromatic heterocycles. The number of methoxy groups -OCH3 is 1.